The van der Waals surface area contributed by atoms with Crippen LogP contribution in [0.3, 0.4) is 0 Å². The Morgan fingerprint density at radius 1 is 0.736 bits per heavy atom. The molecule has 1 aromatic rings. The van der Waals surface area contributed by atoms with Crippen LogP contribution in [0.1, 0.15) is 82.8 Å². The molecule has 6 aliphatic rings. The van der Waals surface area contributed by atoms with Gasteiger partial charge in [-0.2, -0.15) is 0 Å². The number of nitrogens with zero attached hydrogens (tertiary/aromatic N) is 5. The molecule has 3 unspecified atom stereocenters. The topological polar surface area (TPSA) is 391 Å². The van der Waals surface area contributed by atoms with E-state index in [-0.39, 0.29) is 70.8 Å². The van der Waals surface area contributed by atoms with Gasteiger partial charge >= 0.3 is 33.2 Å². The van der Waals surface area contributed by atoms with Crippen molar-refractivity contribution in [2.45, 2.75) is 127 Å². The summed E-state index contributed by atoms with van der Waals surface area (Å²) < 4.78 is 33.9. The number of aliphatic carboxylic acids is 2. The van der Waals surface area contributed by atoms with Gasteiger partial charge < -0.3 is 72.7 Å². The van der Waals surface area contributed by atoms with Crippen molar-refractivity contribution in [3.63, 3.8) is 0 Å². The molecule has 87 heavy (non-hydrogen) atoms. The number of hydrogen-bond acceptors (Lipinski definition) is 21. The molecule has 6 aliphatic heterocycles. The van der Waals surface area contributed by atoms with E-state index < -0.39 is 154 Å². The van der Waals surface area contributed by atoms with E-state index in [4.69, 9.17) is 17.1 Å². The van der Waals surface area contributed by atoms with E-state index in [1.165, 1.54) is 4.90 Å². The minimum absolute atomic E-state index is 0.129. The SMILES string of the molecule is CC[C@H](C)[C@H](NC(=O)COCCNC(=O)[C@@H](CCC(=O)O)NC(=O)[C@@H](CCC(=O)O)NC(=O)CN1CCC(CN2CCN3CCN(CC2)CC(=O)[O][Al]([F])[O]C(=O)C3)CC1)C(=O)N[C@H]1CCc2cccc3c2N(C1=O)[C@H](C(=O)N[C@@H]1CC(=O)OC1O)C3. The quantitative estimate of drug-likeness (QED) is 0.0244. The van der Waals surface area contributed by atoms with Crippen LogP contribution >= 0.6 is 0 Å². The summed E-state index contributed by atoms with van der Waals surface area (Å²) >= 11 is -3.93. The lowest BCUT2D eigenvalue weighted by Gasteiger charge is -2.35. The van der Waals surface area contributed by atoms with Crippen LogP contribution < -0.4 is 36.8 Å². The number of anilines is 1. The molecule has 2 bridgehead atoms. The molecule has 7 rings (SSSR count). The second kappa shape index (κ2) is 32.4. The maximum absolute atomic E-state index is 14.3. The predicted octanol–water partition coefficient (Wildman–Crippen LogP) is -3.83. The van der Waals surface area contributed by atoms with E-state index in [1.54, 1.807) is 19.9 Å². The fraction of sp³-hybridized carbons (Fsp3) is 0.673. The number of fused-ring (bicyclic) bond motifs is 3. The summed E-state index contributed by atoms with van der Waals surface area (Å²) in [5.41, 5.74) is 2.06. The Labute approximate surface area is 506 Å². The van der Waals surface area contributed by atoms with Gasteiger partial charge in [-0.3, -0.25) is 77.1 Å². The number of ether oxygens (including phenoxy) is 2. The number of carboxylic acid groups (broad SMARTS) is 2. The fourth-order valence-electron chi connectivity index (χ4n) is 11.5. The number of piperidine rings is 1. The van der Waals surface area contributed by atoms with Crippen LogP contribution in [0.2, 0.25) is 0 Å². The van der Waals surface area contributed by atoms with Gasteiger partial charge in [0, 0.05) is 71.6 Å². The minimum atomic E-state index is -3.93. The van der Waals surface area contributed by atoms with Gasteiger partial charge in [0.15, 0.2) is 0 Å². The summed E-state index contributed by atoms with van der Waals surface area (Å²) in [6, 6.07) is -1.79. The molecule has 0 saturated carbocycles. The summed E-state index contributed by atoms with van der Waals surface area (Å²) in [4.78, 5) is 165. The molecule has 4 saturated heterocycles. The number of carbonyl (C=O) groups is 12. The van der Waals surface area contributed by atoms with Crippen molar-refractivity contribution in [1.29, 1.82) is 0 Å². The number of nitrogens with one attached hydrogen (secondary N) is 6. The van der Waals surface area contributed by atoms with Gasteiger partial charge in [-0.05, 0) is 74.6 Å². The third kappa shape index (κ3) is 20.1. The summed E-state index contributed by atoms with van der Waals surface area (Å²) in [5, 5.41) is 44.7. The van der Waals surface area contributed by atoms with Crippen LogP contribution in [-0.2, 0) is 87.4 Å². The predicted molar refractivity (Wildman–Crippen MR) is 301 cm³/mol. The largest absolute Gasteiger partial charge is 1.15 e. The maximum atomic E-state index is 14.3. The summed E-state index contributed by atoms with van der Waals surface area (Å²) in [6.45, 7) is 6.99. The van der Waals surface area contributed by atoms with Crippen LogP contribution in [0.5, 0.6) is 0 Å². The highest BCUT2D eigenvalue weighted by molar-refractivity contribution is 6.41. The second-order valence-electron chi connectivity index (χ2n) is 22.8. The number of esters is 1. The van der Waals surface area contributed by atoms with Gasteiger partial charge in [-0.1, -0.05) is 38.5 Å². The molecule has 0 aliphatic carbocycles. The molecule has 7 amide bonds. The monoisotopic (exact) mass is 1240 g/mol. The minimum Gasteiger partial charge on any atom is -0.558 e. The first kappa shape index (κ1) is 67.6. The van der Waals surface area contributed by atoms with Crippen molar-refractivity contribution in [1.82, 2.24) is 51.5 Å². The summed E-state index contributed by atoms with van der Waals surface area (Å²) in [7, 11) is 0. The molecule has 478 valence electrons. The van der Waals surface area contributed by atoms with Crippen LogP contribution in [0.4, 0.5) is 9.21 Å². The number of amides is 7. The van der Waals surface area contributed by atoms with Crippen LogP contribution in [0, 0.1) is 11.8 Å². The Morgan fingerprint density at radius 2 is 1.36 bits per heavy atom. The first-order valence-corrected chi connectivity index (χ1v) is 30.9. The standard InChI is InChI=1S/C55H81N11O19.Al.FH/c1-3-32(2)48(53(81)59-38-8-7-34-5-4-6-35-25-40(66(49(34)35)54(38)82)52(80)60-39-26-47(77)85-55(39)83)61-42(68)31-84-24-15-56-50(78)36(9-11-43(69)70)58-51(79)37(10-12-44(71)72)57-41(67)28-62-16-13-33(14-17-62)27-63-18-20-64(29-45(73)74)22-23-65(21-19-63)30-46(75)76;;/h4-6,32-33,36-40,48,55,83H,3,7-31H2,1-2H3,(H,56,78)(H,57,67)(H,58,79)(H,59,81)(H,60,80)(H,61,68)(H,69,70)(H,71,72)(H,73,74)(H,75,76);;1H/q;+3;/p-3/t32-,36+,37+,38-,39+,40-,48-,55?;;/m0../s1. The molecule has 6 heterocycles. The number of carboxylic acids is 2. The molecule has 0 spiro atoms. The lowest BCUT2D eigenvalue weighted by Crippen LogP contribution is -2.59. The molecular weight excluding hydrogens is 1160 g/mol. The Morgan fingerprint density at radius 3 is 1.97 bits per heavy atom. The third-order valence-electron chi connectivity index (χ3n) is 16.4. The van der Waals surface area contributed by atoms with E-state index in [0.29, 0.717) is 90.3 Å². The first-order chi connectivity index (χ1) is 41.5. The highest BCUT2D eigenvalue weighted by atomic mass is 27.3. The Bertz CT molecular complexity index is 2670. The number of hydrogen-bond donors (Lipinski definition) is 9. The van der Waals surface area contributed by atoms with Crippen molar-refractivity contribution in [3.8, 4) is 0 Å². The smallest absolute Gasteiger partial charge is 0.558 e. The second-order valence-corrected chi connectivity index (χ2v) is 23.8. The third-order valence-corrected chi connectivity index (χ3v) is 17.3. The lowest BCUT2D eigenvalue weighted by molar-refractivity contribution is -0.155. The number of aryl methyl sites for hydroxylation is 1. The van der Waals surface area contributed by atoms with E-state index in [1.807, 2.05) is 26.8 Å². The normalized spacial score (nSPS) is 24.3. The van der Waals surface area contributed by atoms with Gasteiger partial charge in [0.2, 0.25) is 47.6 Å². The van der Waals surface area contributed by atoms with Crippen molar-refractivity contribution >= 4 is 92.2 Å². The molecule has 4 fully saturated rings. The number of benzene rings is 1. The Balaban J connectivity index is 0.858. The van der Waals surface area contributed by atoms with E-state index in [2.05, 4.69) is 36.8 Å². The van der Waals surface area contributed by atoms with Crippen LogP contribution in [0.25, 0.3) is 0 Å². The Kier molecular flexibility index (Phi) is 25.1. The molecule has 9 N–H and O–H groups in total. The first-order valence-electron chi connectivity index (χ1n) is 29.6. The lowest BCUT2D eigenvalue weighted by atomic mass is 9.96. The molecular formula is C55H79AlFN11O19. The van der Waals surface area contributed by atoms with Gasteiger partial charge in [-0.25, -0.2) is 0 Å². The van der Waals surface area contributed by atoms with Crippen molar-refractivity contribution in [2.75, 3.05) is 103 Å². The van der Waals surface area contributed by atoms with Crippen molar-refractivity contribution in [3.05, 3.63) is 29.3 Å². The average molecular weight is 1240 g/mol. The van der Waals surface area contributed by atoms with Crippen LogP contribution in [-0.4, -0.2) is 262 Å². The summed E-state index contributed by atoms with van der Waals surface area (Å²) in [6.07, 6.45) is -1.11. The van der Waals surface area contributed by atoms with Gasteiger partial charge in [0.1, 0.15) is 42.9 Å². The molecule has 32 heteroatoms. The highest BCUT2D eigenvalue weighted by Crippen LogP contribution is 2.39. The van der Waals surface area contributed by atoms with Gasteiger partial charge in [0.25, 0.3) is 11.9 Å². The number of aliphatic hydroxyl groups is 1. The van der Waals surface area contributed by atoms with E-state index in [0.717, 1.165) is 11.1 Å². The molecule has 0 aromatic heterocycles. The molecule has 0 radical (unpaired) electrons. The van der Waals surface area contributed by atoms with Gasteiger partial charge in [0.05, 0.1) is 38.3 Å². The molecule has 10 atom stereocenters. The van der Waals surface area contributed by atoms with E-state index >= 15 is 0 Å². The maximum Gasteiger partial charge on any atom is 1.15 e. The average Bonchev–Trinajstić information content (AvgIpc) is 1.79. The molecule has 30 nitrogen and oxygen atoms in total. The summed E-state index contributed by atoms with van der Waals surface area (Å²) in [5.74, 6) is -9.93. The fourth-order valence-corrected chi connectivity index (χ4v) is 12.1. The number of para-hydroxylation sites is 1. The zero-order chi connectivity index (χ0) is 62.9. The number of carbonyl (C=O) groups excluding carboxylic acids is 10. The van der Waals surface area contributed by atoms with Crippen molar-refractivity contribution < 1.29 is 93.4 Å². The zero-order valence-electron chi connectivity index (χ0n) is 48.9. The number of halogens is 1. The number of rotatable bonds is 26. The zero-order valence-corrected chi connectivity index (χ0v) is 50.0. The van der Waals surface area contributed by atoms with E-state index in [9.17, 15) is 76.4 Å². The Hall–Kier alpha value is -6.92. The number of likely N-dealkylation sites (tertiary alicyclic amines) is 1. The van der Waals surface area contributed by atoms with Gasteiger partial charge in [-0.15, -0.1) is 0 Å². The van der Waals surface area contributed by atoms with Crippen molar-refractivity contribution in [2.24, 2.45) is 11.8 Å². The molecule has 1 aromatic carbocycles. The van der Waals surface area contributed by atoms with Crippen LogP contribution in [0.15, 0.2) is 18.2 Å². The highest BCUT2D eigenvalue weighted by Gasteiger charge is 2.47. The number of aliphatic hydroxyl groups excluding tert-OH is 1. The number of cyclic esters (lactones) is 1.